The van der Waals surface area contributed by atoms with Gasteiger partial charge in [-0.3, -0.25) is 24.0 Å². The van der Waals surface area contributed by atoms with Crippen molar-refractivity contribution in [1.29, 1.82) is 0 Å². The molecule has 13 heteroatoms. The van der Waals surface area contributed by atoms with Crippen LogP contribution in [0.3, 0.4) is 0 Å². The van der Waals surface area contributed by atoms with Gasteiger partial charge >= 0.3 is 11.9 Å². The summed E-state index contributed by atoms with van der Waals surface area (Å²) >= 11 is 0. The van der Waals surface area contributed by atoms with Crippen molar-refractivity contribution in [3.8, 4) is 5.75 Å². The van der Waals surface area contributed by atoms with E-state index in [1.807, 2.05) is 0 Å². The predicted molar refractivity (Wildman–Crippen MR) is 125 cm³/mol. The molecule has 11 nitrogen and oxygen atoms in total. The highest BCUT2D eigenvalue weighted by Gasteiger charge is 2.22. The van der Waals surface area contributed by atoms with Gasteiger partial charge in [-0.05, 0) is 13.0 Å². The number of hydrogen-bond donors (Lipinski definition) is 2. The van der Waals surface area contributed by atoms with E-state index in [4.69, 9.17) is 14.6 Å². The van der Waals surface area contributed by atoms with E-state index in [0.29, 0.717) is 6.07 Å². The standard InChI is InChI=1S/C24H23F2N3O8/c1-13(12-37-19(32)6-5-18(30)31)29-8-7-28-11-16(21(33)22(36-2)20(28)24(29)35)23(34)27-10-14-3-4-15(25)9-17(14)26/h3-4,7-9,11,13H,5-6,10,12H2,1-2H3,(H,27,34)(H,30,31)/t13-/m0/s1. The number of aliphatic carboxylic acids is 1. The minimum Gasteiger partial charge on any atom is -0.491 e. The number of pyridine rings is 1. The Morgan fingerprint density at radius 2 is 1.86 bits per heavy atom. The van der Waals surface area contributed by atoms with Gasteiger partial charge in [-0.2, -0.15) is 0 Å². The second-order valence-corrected chi connectivity index (χ2v) is 8.02. The van der Waals surface area contributed by atoms with Crippen molar-refractivity contribution in [1.82, 2.24) is 14.3 Å². The van der Waals surface area contributed by atoms with Crippen LogP contribution in [0.15, 0.2) is 46.4 Å². The molecule has 0 aliphatic rings. The Morgan fingerprint density at radius 1 is 1.14 bits per heavy atom. The van der Waals surface area contributed by atoms with Gasteiger partial charge in [0.15, 0.2) is 11.3 Å². The number of ether oxygens (including phenoxy) is 2. The van der Waals surface area contributed by atoms with E-state index < -0.39 is 58.7 Å². The quantitative estimate of drug-likeness (QED) is 0.385. The van der Waals surface area contributed by atoms with Crippen LogP contribution in [0.5, 0.6) is 5.75 Å². The molecule has 1 aromatic carbocycles. The van der Waals surface area contributed by atoms with E-state index in [2.05, 4.69) is 5.32 Å². The molecule has 2 heterocycles. The molecule has 3 aromatic rings. The van der Waals surface area contributed by atoms with Gasteiger partial charge in [-0.25, -0.2) is 8.78 Å². The summed E-state index contributed by atoms with van der Waals surface area (Å²) in [4.78, 5) is 61.1. The first kappa shape index (κ1) is 27.0. The number of rotatable bonds is 10. The van der Waals surface area contributed by atoms with Gasteiger partial charge in [-0.1, -0.05) is 6.07 Å². The van der Waals surface area contributed by atoms with Crippen LogP contribution in [-0.2, 0) is 20.9 Å². The van der Waals surface area contributed by atoms with Crippen LogP contribution in [-0.4, -0.2) is 45.6 Å². The fourth-order valence-electron chi connectivity index (χ4n) is 3.48. The SMILES string of the molecule is COc1c(=O)c(C(=O)NCc2ccc(F)cc2F)cn2ccn([C@@H](C)COC(=O)CCC(=O)O)c(=O)c12. The molecule has 0 saturated heterocycles. The molecule has 1 amide bonds. The maximum Gasteiger partial charge on any atom is 0.306 e. The topological polar surface area (TPSA) is 145 Å². The summed E-state index contributed by atoms with van der Waals surface area (Å²) in [6.07, 6.45) is 3.15. The first-order valence-corrected chi connectivity index (χ1v) is 11.0. The van der Waals surface area contributed by atoms with Crippen molar-refractivity contribution in [3.05, 3.63) is 80.1 Å². The third-order valence-electron chi connectivity index (χ3n) is 5.42. The normalized spacial score (nSPS) is 11.7. The molecule has 2 N–H and O–H groups in total. The van der Waals surface area contributed by atoms with Crippen LogP contribution in [0.2, 0.25) is 0 Å². The van der Waals surface area contributed by atoms with Crippen LogP contribution in [0.25, 0.3) is 5.52 Å². The molecule has 0 saturated carbocycles. The summed E-state index contributed by atoms with van der Waals surface area (Å²) in [5, 5.41) is 11.0. The number of esters is 1. The van der Waals surface area contributed by atoms with Crippen molar-refractivity contribution in [3.63, 3.8) is 0 Å². The molecule has 0 aliphatic heterocycles. The van der Waals surface area contributed by atoms with Crippen LogP contribution in [0, 0.1) is 11.6 Å². The third-order valence-corrected chi connectivity index (χ3v) is 5.42. The fourth-order valence-corrected chi connectivity index (χ4v) is 3.48. The molecular formula is C24H23F2N3O8. The smallest absolute Gasteiger partial charge is 0.306 e. The Hall–Kier alpha value is -4.55. The number of fused-ring (bicyclic) bond motifs is 1. The summed E-state index contributed by atoms with van der Waals surface area (Å²) in [5.41, 5.74) is -2.12. The van der Waals surface area contributed by atoms with E-state index in [1.165, 1.54) is 21.4 Å². The maximum atomic E-state index is 13.9. The lowest BCUT2D eigenvalue weighted by atomic mass is 10.2. The number of benzene rings is 1. The highest BCUT2D eigenvalue weighted by atomic mass is 19.1. The lowest BCUT2D eigenvalue weighted by molar-refractivity contribution is -0.148. The van der Waals surface area contributed by atoms with Crippen LogP contribution < -0.4 is 21.0 Å². The van der Waals surface area contributed by atoms with Gasteiger partial charge in [0.2, 0.25) is 5.43 Å². The molecule has 0 radical (unpaired) electrons. The number of carboxylic acids is 1. The predicted octanol–water partition coefficient (Wildman–Crippen LogP) is 1.65. The average molecular weight is 519 g/mol. The van der Waals surface area contributed by atoms with Crippen LogP contribution in [0.4, 0.5) is 8.78 Å². The number of amides is 1. The van der Waals surface area contributed by atoms with Gasteiger partial charge in [0, 0.05) is 36.8 Å². The van der Waals surface area contributed by atoms with Crippen molar-refractivity contribution in [2.45, 2.75) is 32.4 Å². The molecule has 0 unspecified atom stereocenters. The van der Waals surface area contributed by atoms with Gasteiger partial charge in [0.25, 0.3) is 11.5 Å². The number of halogens is 2. The molecule has 37 heavy (non-hydrogen) atoms. The second-order valence-electron chi connectivity index (χ2n) is 8.02. The van der Waals surface area contributed by atoms with Gasteiger partial charge in [0.1, 0.15) is 23.8 Å². The zero-order valence-electron chi connectivity index (χ0n) is 19.8. The van der Waals surface area contributed by atoms with Gasteiger partial charge in [-0.15, -0.1) is 0 Å². The minimum absolute atomic E-state index is 0.00291. The molecule has 196 valence electrons. The zero-order valence-corrected chi connectivity index (χ0v) is 19.8. The number of hydrogen-bond acceptors (Lipinski definition) is 7. The number of methoxy groups -OCH3 is 1. The number of nitrogens with one attached hydrogen (secondary N) is 1. The molecule has 0 aliphatic carbocycles. The summed E-state index contributed by atoms with van der Waals surface area (Å²) < 4.78 is 39.5. The summed E-state index contributed by atoms with van der Waals surface area (Å²) in [7, 11) is 1.15. The van der Waals surface area contributed by atoms with Gasteiger partial charge in [0.05, 0.1) is 26.0 Å². The van der Waals surface area contributed by atoms with E-state index >= 15 is 0 Å². The molecule has 0 spiro atoms. The van der Waals surface area contributed by atoms with Gasteiger partial charge < -0.3 is 28.9 Å². The number of aromatic nitrogens is 2. The Balaban J connectivity index is 1.86. The largest absolute Gasteiger partial charge is 0.491 e. The van der Waals surface area contributed by atoms with Crippen LogP contribution >= 0.6 is 0 Å². The van der Waals surface area contributed by atoms with Crippen LogP contribution in [0.1, 0.15) is 41.7 Å². The van der Waals surface area contributed by atoms with Crippen molar-refractivity contribution >= 4 is 23.4 Å². The maximum absolute atomic E-state index is 13.9. The number of carboxylic acid groups (broad SMARTS) is 1. The Bertz CT molecular complexity index is 1480. The lowest BCUT2D eigenvalue weighted by Gasteiger charge is -2.17. The molecule has 2 aromatic heterocycles. The fraction of sp³-hybridized carbons (Fsp3) is 0.292. The molecule has 0 fully saturated rings. The number of nitrogens with zero attached hydrogens (tertiary/aromatic N) is 2. The number of carbonyl (C=O) groups is 3. The number of carbonyl (C=O) groups excluding carboxylic acids is 2. The Labute approximate surface area is 207 Å². The average Bonchev–Trinajstić information content (AvgIpc) is 2.85. The molecule has 3 rings (SSSR count). The van der Waals surface area contributed by atoms with Crippen molar-refractivity contribution < 1.29 is 37.7 Å². The highest BCUT2D eigenvalue weighted by molar-refractivity contribution is 5.95. The molecule has 0 bridgehead atoms. The molecular weight excluding hydrogens is 496 g/mol. The monoisotopic (exact) mass is 519 g/mol. The Morgan fingerprint density at radius 3 is 2.51 bits per heavy atom. The van der Waals surface area contributed by atoms with E-state index in [1.54, 1.807) is 6.92 Å². The van der Waals surface area contributed by atoms with E-state index in [-0.39, 0.29) is 36.2 Å². The lowest BCUT2D eigenvalue weighted by Crippen LogP contribution is -2.33. The minimum atomic E-state index is -1.15. The summed E-state index contributed by atoms with van der Waals surface area (Å²) in [5.74, 6) is -4.81. The van der Waals surface area contributed by atoms with E-state index in [9.17, 15) is 32.8 Å². The zero-order chi connectivity index (χ0) is 27.3. The second kappa shape index (κ2) is 11.5. The first-order chi connectivity index (χ1) is 17.5. The van der Waals surface area contributed by atoms with Crippen molar-refractivity contribution in [2.24, 2.45) is 0 Å². The molecule has 1 atom stereocenters. The summed E-state index contributed by atoms with van der Waals surface area (Å²) in [6, 6.07) is 2.17. The first-order valence-electron chi connectivity index (χ1n) is 11.0. The van der Waals surface area contributed by atoms with E-state index in [0.717, 1.165) is 25.4 Å². The van der Waals surface area contributed by atoms with Crippen molar-refractivity contribution in [2.75, 3.05) is 13.7 Å². The Kier molecular flexibility index (Phi) is 8.37. The highest BCUT2D eigenvalue weighted by Crippen LogP contribution is 2.15. The third kappa shape index (κ3) is 6.18. The summed E-state index contributed by atoms with van der Waals surface area (Å²) in [6.45, 7) is 1.02.